The first-order valence-corrected chi connectivity index (χ1v) is 9.10. The van der Waals surface area contributed by atoms with Gasteiger partial charge in [0.2, 0.25) is 0 Å². The lowest BCUT2D eigenvalue weighted by Gasteiger charge is -2.34. The minimum atomic E-state index is -1.32. The normalized spacial score (nSPS) is 22.4. The van der Waals surface area contributed by atoms with Gasteiger partial charge in [-0.1, -0.05) is 30.3 Å². The zero-order valence-corrected chi connectivity index (χ0v) is 15.9. The molecule has 0 N–H and O–H groups in total. The fourth-order valence-electron chi connectivity index (χ4n) is 4.29. The standard InChI is InChI=1S/C21H23N3O3/c1-19(2,3)27-18(26)24-11-9-20(10-12-24)17(21(20,13-22)14-23)16(25)15-7-5-4-6-8-15/h4-8,17H,9-12H2,1-3H3. The van der Waals surface area contributed by atoms with Gasteiger partial charge in [0.25, 0.3) is 0 Å². The Kier molecular flexibility index (Phi) is 4.48. The number of carbonyl (C=O) groups excluding carboxylic acids is 2. The zero-order chi connectivity index (χ0) is 19.9. The number of ether oxygens (including phenoxy) is 1. The molecular weight excluding hydrogens is 342 g/mol. The van der Waals surface area contributed by atoms with Crippen molar-refractivity contribution >= 4 is 11.9 Å². The summed E-state index contributed by atoms with van der Waals surface area (Å²) in [7, 11) is 0. The molecule has 0 aromatic heterocycles. The van der Waals surface area contributed by atoms with Gasteiger partial charge in [0.1, 0.15) is 5.60 Å². The Bertz CT molecular complexity index is 820. The van der Waals surface area contributed by atoms with Gasteiger partial charge >= 0.3 is 6.09 Å². The molecule has 1 amide bonds. The second-order valence-corrected chi connectivity index (χ2v) is 8.32. The van der Waals surface area contributed by atoms with Crippen molar-refractivity contribution in [1.29, 1.82) is 10.5 Å². The molecule has 2 aliphatic rings. The van der Waals surface area contributed by atoms with E-state index in [0.717, 1.165) is 0 Å². The van der Waals surface area contributed by atoms with Crippen LogP contribution in [0.2, 0.25) is 0 Å². The van der Waals surface area contributed by atoms with E-state index in [4.69, 9.17) is 4.74 Å². The third-order valence-corrected chi connectivity index (χ3v) is 5.67. The van der Waals surface area contributed by atoms with E-state index in [1.165, 1.54) is 0 Å². The number of benzene rings is 1. The maximum absolute atomic E-state index is 13.0. The molecule has 6 nitrogen and oxygen atoms in total. The minimum Gasteiger partial charge on any atom is -0.444 e. The van der Waals surface area contributed by atoms with Crippen LogP contribution in [0, 0.1) is 39.4 Å². The molecule has 2 fully saturated rings. The van der Waals surface area contributed by atoms with Gasteiger partial charge in [-0.25, -0.2) is 4.79 Å². The zero-order valence-electron chi connectivity index (χ0n) is 15.9. The van der Waals surface area contributed by atoms with Crippen molar-refractivity contribution in [2.75, 3.05) is 13.1 Å². The van der Waals surface area contributed by atoms with Crippen LogP contribution in [0.15, 0.2) is 30.3 Å². The highest BCUT2D eigenvalue weighted by atomic mass is 16.6. The molecule has 1 aromatic rings. The van der Waals surface area contributed by atoms with Gasteiger partial charge < -0.3 is 9.64 Å². The number of rotatable bonds is 2. The SMILES string of the molecule is CC(C)(C)OC(=O)N1CCC2(CC1)C(C(=O)c1ccccc1)C2(C#N)C#N. The Morgan fingerprint density at radius 2 is 1.67 bits per heavy atom. The van der Waals surface area contributed by atoms with Gasteiger partial charge in [-0.15, -0.1) is 0 Å². The van der Waals surface area contributed by atoms with Crippen LogP contribution < -0.4 is 0 Å². The molecule has 1 saturated carbocycles. The van der Waals surface area contributed by atoms with Crippen LogP contribution in [0.1, 0.15) is 44.0 Å². The molecule has 1 aromatic carbocycles. The maximum Gasteiger partial charge on any atom is 0.410 e. The summed E-state index contributed by atoms with van der Waals surface area (Å²) in [4.78, 5) is 26.9. The van der Waals surface area contributed by atoms with E-state index < -0.39 is 28.4 Å². The molecule has 1 spiro atoms. The number of carbonyl (C=O) groups is 2. The highest BCUT2D eigenvalue weighted by molar-refractivity contribution is 6.02. The molecule has 1 aliphatic heterocycles. The van der Waals surface area contributed by atoms with E-state index in [1.807, 2.05) is 26.8 Å². The molecule has 0 radical (unpaired) electrons. The number of nitrogens with zero attached hydrogens (tertiary/aromatic N) is 3. The molecule has 1 unspecified atom stereocenters. The molecule has 1 saturated heterocycles. The van der Waals surface area contributed by atoms with Crippen molar-refractivity contribution in [1.82, 2.24) is 4.90 Å². The lowest BCUT2D eigenvalue weighted by molar-refractivity contribution is 0.0158. The van der Waals surface area contributed by atoms with Crippen LogP contribution in [0.25, 0.3) is 0 Å². The average molecular weight is 365 g/mol. The first-order chi connectivity index (χ1) is 12.7. The first-order valence-electron chi connectivity index (χ1n) is 9.10. The van der Waals surface area contributed by atoms with E-state index in [1.54, 1.807) is 29.2 Å². The van der Waals surface area contributed by atoms with Crippen molar-refractivity contribution in [3.05, 3.63) is 35.9 Å². The van der Waals surface area contributed by atoms with Gasteiger partial charge in [0.15, 0.2) is 11.2 Å². The van der Waals surface area contributed by atoms with Gasteiger partial charge in [-0.2, -0.15) is 10.5 Å². The van der Waals surface area contributed by atoms with Crippen molar-refractivity contribution in [2.45, 2.75) is 39.2 Å². The van der Waals surface area contributed by atoms with Gasteiger partial charge in [-0.3, -0.25) is 4.79 Å². The molecule has 27 heavy (non-hydrogen) atoms. The summed E-state index contributed by atoms with van der Waals surface area (Å²) >= 11 is 0. The summed E-state index contributed by atoms with van der Waals surface area (Å²) < 4.78 is 5.40. The van der Waals surface area contributed by atoms with Crippen molar-refractivity contribution in [3.8, 4) is 12.1 Å². The number of piperidine rings is 1. The van der Waals surface area contributed by atoms with Gasteiger partial charge in [0.05, 0.1) is 18.1 Å². The Morgan fingerprint density at radius 3 is 2.15 bits per heavy atom. The van der Waals surface area contributed by atoms with Crippen molar-refractivity contribution < 1.29 is 14.3 Å². The second kappa shape index (κ2) is 6.39. The fraction of sp³-hybridized carbons (Fsp3) is 0.524. The number of amides is 1. The quantitative estimate of drug-likeness (QED) is 0.747. The number of Topliss-reactive ketones (excluding diaryl/α,β-unsaturated/α-hetero) is 1. The summed E-state index contributed by atoms with van der Waals surface area (Å²) in [5.74, 6) is -0.812. The molecule has 6 heteroatoms. The summed E-state index contributed by atoms with van der Waals surface area (Å²) in [6.07, 6.45) is 0.483. The van der Waals surface area contributed by atoms with Crippen LogP contribution in [0.3, 0.4) is 0 Å². The smallest absolute Gasteiger partial charge is 0.410 e. The van der Waals surface area contributed by atoms with Crippen molar-refractivity contribution in [2.24, 2.45) is 16.7 Å². The molecule has 1 atom stereocenters. The lowest BCUT2D eigenvalue weighted by Crippen LogP contribution is -2.43. The summed E-state index contributed by atoms with van der Waals surface area (Å²) in [6, 6.07) is 13.0. The fourth-order valence-corrected chi connectivity index (χ4v) is 4.29. The largest absolute Gasteiger partial charge is 0.444 e. The Morgan fingerprint density at radius 1 is 1.11 bits per heavy atom. The van der Waals surface area contributed by atoms with Crippen LogP contribution in [-0.2, 0) is 4.74 Å². The molecular formula is C21H23N3O3. The third kappa shape index (κ3) is 2.96. The van der Waals surface area contributed by atoms with E-state index in [2.05, 4.69) is 12.1 Å². The summed E-state index contributed by atoms with van der Waals surface area (Å²) in [5, 5.41) is 19.5. The molecule has 3 rings (SSSR count). The highest BCUT2D eigenvalue weighted by Gasteiger charge is 2.80. The Balaban J connectivity index is 1.80. The number of hydrogen-bond acceptors (Lipinski definition) is 5. The van der Waals surface area contributed by atoms with Crippen molar-refractivity contribution in [3.63, 3.8) is 0 Å². The van der Waals surface area contributed by atoms with E-state index in [0.29, 0.717) is 31.5 Å². The summed E-state index contributed by atoms with van der Waals surface area (Å²) in [6.45, 7) is 6.17. The molecule has 1 heterocycles. The number of hydrogen-bond donors (Lipinski definition) is 0. The number of nitriles is 2. The van der Waals surface area contributed by atoms with Crippen LogP contribution in [-0.4, -0.2) is 35.5 Å². The maximum atomic E-state index is 13.0. The topological polar surface area (TPSA) is 94.2 Å². The monoisotopic (exact) mass is 365 g/mol. The number of likely N-dealkylation sites (tertiary alicyclic amines) is 1. The van der Waals surface area contributed by atoms with Crippen LogP contribution in [0.5, 0.6) is 0 Å². The third-order valence-electron chi connectivity index (χ3n) is 5.67. The predicted octanol–water partition coefficient (Wildman–Crippen LogP) is 3.55. The average Bonchev–Trinajstić information content (AvgIpc) is 3.21. The van der Waals surface area contributed by atoms with Gasteiger partial charge in [0, 0.05) is 24.1 Å². The lowest BCUT2D eigenvalue weighted by atomic mass is 9.84. The van der Waals surface area contributed by atoms with Crippen LogP contribution in [0.4, 0.5) is 4.79 Å². The second-order valence-electron chi connectivity index (χ2n) is 8.32. The van der Waals surface area contributed by atoms with Crippen LogP contribution >= 0.6 is 0 Å². The molecule has 0 bridgehead atoms. The predicted molar refractivity (Wildman–Crippen MR) is 97.4 cm³/mol. The Labute approximate surface area is 159 Å². The molecule has 140 valence electrons. The Hall–Kier alpha value is -2.86. The molecule has 1 aliphatic carbocycles. The van der Waals surface area contributed by atoms with E-state index in [-0.39, 0.29) is 5.78 Å². The van der Waals surface area contributed by atoms with E-state index >= 15 is 0 Å². The minimum absolute atomic E-state index is 0.163. The number of ketones is 1. The highest BCUT2D eigenvalue weighted by Crippen LogP contribution is 2.74. The van der Waals surface area contributed by atoms with Gasteiger partial charge in [-0.05, 0) is 33.6 Å². The first kappa shape index (κ1) is 18.9. The van der Waals surface area contributed by atoms with E-state index in [9.17, 15) is 20.1 Å². The summed E-state index contributed by atoms with van der Waals surface area (Å²) in [5.41, 5.74) is -2.08.